The van der Waals surface area contributed by atoms with Crippen molar-refractivity contribution in [3.63, 3.8) is 0 Å². The number of allylic oxidation sites excluding steroid dienone is 1. The molecule has 26 heavy (non-hydrogen) atoms. The van der Waals surface area contributed by atoms with E-state index in [9.17, 15) is 14.7 Å². The molecule has 1 N–H and O–H groups in total. The summed E-state index contributed by atoms with van der Waals surface area (Å²) in [7, 11) is 1.86. The van der Waals surface area contributed by atoms with Crippen molar-refractivity contribution < 1.29 is 24.2 Å². The van der Waals surface area contributed by atoms with E-state index < -0.39 is 18.0 Å². The van der Waals surface area contributed by atoms with Gasteiger partial charge in [-0.2, -0.15) is 0 Å². The van der Waals surface area contributed by atoms with Gasteiger partial charge >= 0.3 is 11.9 Å². The van der Waals surface area contributed by atoms with Crippen molar-refractivity contribution in [1.29, 1.82) is 0 Å². The molecule has 2 atom stereocenters. The van der Waals surface area contributed by atoms with Gasteiger partial charge in [-0.25, -0.2) is 9.59 Å². The minimum atomic E-state index is -1.15. The quantitative estimate of drug-likeness (QED) is 0.834. The fraction of sp³-hybridized carbons (Fsp3) is 0.400. The molecule has 1 heterocycles. The maximum Gasteiger partial charge on any atom is 0.340 e. The third-order valence-corrected chi connectivity index (χ3v) is 4.94. The molecule has 0 bridgehead atoms. The van der Waals surface area contributed by atoms with E-state index in [2.05, 4.69) is 0 Å². The number of hydrogen-bond donors (Lipinski definition) is 1. The Labute approximate surface area is 152 Å². The van der Waals surface area contributed by atoms with E-state index in [0.717, 1.165) is 5.56 Å². The summed E-state index contributed by atoms with van der Waals surface area (Å²) in [6, 6.07) is 7.06. The number of nitrogens with zero attached hydrogens (tertiary/aromatic N) is 1. The van der Waals surface area contributed by atoms with Crippen molar-refractivity contribution >= 4 is 11.9 Å². The molecule has 3 rings (SSSR count). The van der Waals surface area contributed by atoms with Gasteiger partial charge in [0.05, 0.1) is 30.4 Å². The van der Waals surface area contributed by atoms with Gasteiger partial charge in [0.1, 0.15) is 6.10 Å². The minimum absolute atomic E-state index is 0.113. The van der Waals surface area contributed by atoms with Crippen molar-refractivity contribution in [2.45, 2.75) is 32.9 Å². The Morgan fingerprint density at radius 2 is 1.65 bits per heavy atom. The van der Waals surface area contributed by atoms with Crippen LogP contribution >= 0.6 is 0 Å². The van der Waals surface area contributed by atoms with Crippen LogP contribution in [0.1, 0.15) is 44.0 Å². The summed E-state index contributed by atoms with van der Waals surface area (Å²) in [5.41, 5.74) is 3.14. The highest BCUT2D eigenvalue weighted by molar-refractivity contribution is 6.02. The monoisotopic (exact) mass is 357 g/mol. The van der Waals surface area contributed by atoms with Gasteiger partial charge in [-0.15, -0.1) is 0 Å². The Balaban J connectivity index is 2.27. The lowest BCUT2D eigenvalue weighted by molar-refractivity contribution is -0.139. The molecular formula is C20H23NO5. The highest BCUT2D eigenvalue weighted by Gasteiger charge is 2.46. The topological polar surface area (TPSA) is 76.1 Å². The number of likely N-dealkylation sites (N-methyl/N-ethyl adjacent to an activating group) is 1. The van der Waals surface area contributed by atoms with Crippen LogP contribution in [-0.4, -0.2) is 42.2 Å². The van der Waals surface area contributed by atoms with Crippen molar-refractivity contribution in [2.24, 2.45) is 0 Å². The number of fused-ring (bicyclic) bond motifs is 3. The highest BCUT2D eigenvalue weighted by atomic mass is 16.5. The highest BCUT2D eigenvalue weighted by Crippen LogP contribution is 2.51. The first-order valence-electron chi connectivity index (χ1n) is 8.73. The molecule has 6 nitrogen and oxygen atoms in total. The fourth-order valence-electron chi connectivity index (χ4n) is 3.74. The Morgan fingerprint density at radius 3 is 2.27 bits per heavy atom. The second-order valence-electron chi connectivity index (χ2n) is 6.27. The SMILES string of the molecule is CCOC(=O)C1=C(C)N(C)C2C1=C(C(=O)OCC)C(O)c1ccccc12. The maximum absolute atomic E-state index is 12.7. The van der Waals surface area contributed by atoms with Crippen LogP contribution in [0.2, 0.25) is 0 Å². The summed E-state index contributed by atoms with van der Waals surface area (Å²) < 4.78 is 10.4. The lowest BCUT2D eigenvalue weighted by atomic mass is 9.79. The van der Waals surface area contributed by atoms with Crippen LogP contribution in [0.3, 0.4) is 0 Å². The molecule has 0 saturated heterocycles. The summed E-state index contributed by atoms with van der Waals surface area (Å²) in [4.78, 5) is 27.2. The van der Waals surface area contributed by atoms with Gasteiger partial charge in [0, 0.05) is 18.3 Å². The van der Waals surface area contributed by atoms with Gasteiger partial charge in [0.2, 0.25) is 0 Å². The average molecular weight is 357 g/mol. The number of aliphatic hydroxyl groups is 1. The third kappa shape index (κ3) is 2.61. The maximum atomic E-state index is 12.7. The first-order valence-corrected chi connectivity index (χ1v) is 8.73. The van der Waals surface area contributed by atoms with Gasteiger partial charge < -0.3 is 19.5 Å². The number of rotatable bonds is 4. The number of esters is 2. The molecule has 1 aliphatic carbocycles. The average Bonchev–Trinajstić information content (AvgIpc) is 2.87. The van der Waals surface area contributed by atoms with Gasteiger partial charge in [0.15, 0.2) is 0 Å². The van der Waals surface area contributed by atoms with E-state index in [4.69, 9.17) is 9.47 Å². The van der Waals surface area contributed by atoms with Crippen molar-refractivity contribution in [3.05, 3.63) is 57.8 Å². The molecule has 1 aliphatic heterocycles. The van der Waals surface area contributed by atoms with E-state index in [1.165, 1.54) is 0 Å². The molecule has 138 valence electrons. The van der Waals surface area contributed by atoms with E-state index in [0.29, 0.717) is 22.4 Å². The summed E-state index contributed by atoms with van der Waals surface area (Å²) >= 11 is 0. The Bertz CT molecular complexity index is 823. The van der Waals surface area contributed by atoms with E-state index in [-0.39, 0.29) is 24.8 Å². The van der Waals surface area contributed by atoms with Crippen LogP contribution in [0.5, 0.6) is 0 Å². The third-order valence-electron chi connectivity index (χ3n) is 4.94. The number of ether oxygens (including phenoxy) is 2. The summed E-state index contributed by atoms with van der Waals surface area (Å²) in [6.45, 7) is 5.66. The normalized spacial score (nSPS) is 21.5. The fourth-order valence-corrected chi connectivity index (χ4v) is 3.74. The van der Waals surface area contributed by atoms with Crippen LogP contribution in [0.15, 0.2) is 46.7 Å². The lowest BCUT2D eigenvalue weighted by Gasteiger charge is -2.34. The minimum Gasteiger partial charge on any atom is -0.463 e. The zero-order chi connectivity index (χ0) is 19.0. The zero-order valence-corrected chi connectivity index (χ0v) is 15.4. The molecule has 0 fully saturated rings. The van der Waals surface area contributed by atoms with E-state index in [1.54, 1.807) is 19.9 Å². The summed E-state index contributed by atoms with van der Waals surface area (Å²) in [5.74, 6) is -1.11. The molecule has 0 radical (unpaired) electrons. The second-order valence-corrected chi connectivity index (χ2v) is 6.27. The molecule has 1 aromatic carbocycles. The van der Waals surface area contributed by atoms with Crippen molar-refractivity contribution in [2.75, 3.05) is 20.3 Å². The zero-order valence-electron chi connectivity index (χ0n) is 15.4. The van der Waals surface area contributed by atoms with Crippen LogP contribution in [0.4, 0.5) is 0 Å². The van der Waals surface area contributed by atoms with Gasteiger partial charge in [-0.1, -0.05) is 24.3 Å². The summed E-state index contributed by atoms with van der Waals surface area (Å²) in [6.07, 6.45) is -1.15. The molecule has 2 aliphatic rings. The molecule has 2 unspecified atom stereocenters. The first-order chi connectivity index (χ1) is 12.4. The molecule has 0 saturated carbocycles. The second kappa shape index (κ2) is 6.96. The Morgan fingerprint density at radius 1 is 1.08 bits per heavy atom. The van der Waals surface area contributed by atoms with Crippen LogP contribution in [0.25, 0.3) is 0 Å². The summed E-state index contributed by atoms with van der Waals surface area (Å²) in [5, 5.41) is 10.9. The molecule has 1 aromatic rings. The van der Waals surface area contributed by atoms with Gasteiger partial charge in [0.25, 0.3) is 0 Å². The number of carbonyl (C=O) groups is 2. The standard InChI is InChI=1S/C20H23NO5/c1-5-25-19(23)14-11(3)21(4)17-12-9-7-8-10-13(12)18(22)16(15(14)17)20(24)26-6-2/h7-10,17-18,22H,5-6H2,1-4H3. The molecule has 6 heteroatoms. The molecular weight excluding hydrogens is 334 g/mol. The van der Waals surface area contributed by atoms with Crippen LogP contribution in [-0.2, 0) is 19.1 Å². The Hall–Kier alpha value is -2.60. The molecule has 0 aromatic heterocycles. The largest absolute Gasteiger partial charge is 0.463 e. The van der Waals surface area contributed by atoms with E-state index in [1.807, 2.05) is 37.1 Å². The number of carbonyl (C=O) groups excluding carboxylic acids is 2. The number of benzene rings is 1. The van der Waals surface area contributed by atoms with Crippen LogP contribution < -0.4 is 0 Å². The lowest BCUT2D eigenvalue weighted by Crippen LogP contribution is -2.29. The first kappa shape index (κ1) is 18.2. The van der Waals surface area contributed by atoms with Crippen LogP contribution in [0, 0.1) is 0 Å². The number of aliphatic hydroxyl groups excluding tert-OH is 1. The van der Waals surface area contributed by atoms with Gasteiger partial charge in [-0.3, -0.25) is 0 Å². The van der Waals surface area contributed by atoms with E-state index >= 15 is 0 Å². The predicted octanol–water partition coefficient (Wildman–Crippen LogP) is 2.42. The molecule has 0 amide bonds. The predicted molar refractivity (Wildman–Crippen MR) is 94.9 cm³/mol. The number of hydrogen-bond acceptors (Lipinski definition) is 6. The smallest absolute Gasteiger partial charge is 0.340 e. The van der Waals surface area contributed by atoms with Crippen molar-refractivity contribution in [1.82, 2.24) is 4.90 Å². The van der Waals surface area contributed by atoms with Gasteiger partial charge in [-0.05, 0) is 31.9 Å². The Kier molecular flexibility index (Phi) is 4.87. The molecule has 0 spiro atoms. The van der Waals surface area contributed by atoms with Crippen molar-refractivity contribution in [3.8, 4) is 0 Å².